The number of rotatable bonds is 5. The van der Waals surface area contributed by atoms with E-state index < -0.39 is 0 Å². The van der Waals surface area contributed by atoms with E-state index in [2.05, 4.69) is 30.4 Å². The van der Waals surface area contributed by atoms with Crippen LogP contribution in [0.2, 0.25) is 0 Å². The molecule has 5 N–H and O–H groups in total. The van der Waals surface area contributed by atoms with Gasteiger partial charge < -0.3 is 30.1 Å². The molecule has 0 heterocycles. The minimum atomic E-state index is 0. The fourth-order valence-electron chi connectivity index (χ4n) is 1.33. The molecular weight excluding hydrogens is 235 g/mol. The van der Waals surface area contributed by atoms with Crippen molar-refractivity contribution in [3.8, 4) is 0 Å². The van der Waals surface area contributed by atoms with Gasteiger partial charge in [0.25, 0.3) is 0 Å². The summed E-state index contributed by atoms with van der Waals surface area (Å²) in [5.74, 6) is 3.50. The van der Waals surface area contributed by atoms with Crippen LogP contribution in [0.25, 0.3) is 0 Å². The Morgan fingerprint density at radius 1 is 1.27 bits per heavy atom. The van der Waals surface area contributed by atoms with Crippen LogP contribution in [0.1, 0.15) is 18.1 Å². The van der Waals surface area contributed by atoms with Gasteiger partial charge in [0, 0.05) is 6.42 Å². The standard InChI is InChI=1S/C10H17N2O.2ClH/c1-12-8-7-10(13-11)9-5-3-2-4-6-9;;/h2-6,10,12H,7-8H2,1,11H3;2*1H/q+1;;/p-1. The highest BCUT2D eigenvalue weighted by atomic mass is 35.5. The van der Waals surface area contributed by atoms with Crippen molar-refractivity contribution >= 4 is 0 Å². The molecule has 88 valence electrons. The van der Waals surface area contributed by atoms with Gasteiger partial charge in [-0.25, -0.2) is 5.90 Å². The van der Waals surface area contributed by atoms with Gasteiger partial charge in [0.05, 0.1) is 13.6 Å². The highest BCUT2D eigenvalue weighted by Gasteiger charge is 2.12. The molecule has 15 heavy (non-hydrogen) atoms. The SMILES string of the molecule is C[NH2+]CCC(O[NH3+])c1ccccc1.[Cl-].[Cl-]. The predicted octanol–water partition coefficient (Wildman–Crippen LogP) is -6.51. The highest BCUT2D eigenvalue weighted by Crippen LogP contribution is 2.16. The van der Waals surface area contributed by atoms with E-state index in [1.165, 1.54) is 5.56 Å². The quantitative estimate of drug-likeness (QED) is 0.504. The molecular formula is C10H18Cl2N2O. The van der Waals surface area contributed by atoms with Crippen LogP contribution in [0.4, 0.5) is 0 Å². The van der Waals surface area contributed by atoms with E-state index >= 15 is 0 Å². The number of quaternary nitrogens is 2. The molecule has 0 radical (unpaired) electrons. The van der Waals surface area contributed by atoms with Crippen LogP contribution in [-0.4, -0.2) is 13.6 Å². The lowest BCUT2D eigenvalue weighted by atomic mass is 10.1. The number of nitrogens with two attached hydrogens (primary N) is 1. The smallest absolute Gasteiger partial charge is 0.147 e. The van der Waals surface area contributed by atoms with Gasteiger partial charge >= 0.3 is 0 Å². The van der Waals surface area contributed by atoms with Crippen molar-refractivity contribution in [3.63, 3.8) is 0 Å². The summed E-state index contributed by atoms with van der Waals surface area (Å²) in [6, 6.07) is 10.2. The predicted molar refractivity (Wildman–Crippen MR) is 50.5 cm³/mol. The average Bonchev–Trinajstić information content (AvgIpc) is 2.21. The normalized spacial score (nSPS) is 11.1. The summed E-state index contributed by atoms with van der Waals surface area (Å²) in [7, 11) is 2.06. The molecule has 0 aromatic heterocycles. The second kappa shape index (κ2) is 10.2. The zero-order valence-electron chi connectivity index (χ0n) is 8.83. The van der Waals surface area contributed by atoms with Gasteiger partial charge in [0.15, 0.2) is 0 Å². The van der Waals surface area contributed by atoms with Gasteiger partial charge in [0.2, 0.25) is 0 Å². The van der Waals surface area contributed by atoms with Gasteiger partial charge in [-0.15, -0.1) is 0 Å². The Morgan fingerprint density at radius 3 is 2.33 bits per heavy atom. The van der Waals surface area contributed by atoms with E-state index in [0.29, 0.717) is 0 Å². The van der Waals surface area contributed by atoms with Crippen LogP contribution in [0.5, 0.6) is 0 Å². The fraction of sp³-hybridized carbons (Fsp3) is 0.400. The molecule has 0 aliphatic heterocycles. The second-order valence-electron chi connectivity index (χ2n) is 3.05. The van der Waals surface area contributed by atoms with Gasteiger partial charge in [0.1, 0.15) is 6.10 Å². The van der Waals surface area contributed by atoms with Crippen molar-refractivity contribution in [3.05, 3.63) is 35.9 Å². The van der Waals surface area contributed by atoms with Crippen molar-refractivity contribution in [2.45, 2.75) is 12.5 Å². The third-order valence-corrected chi connectivity index (χ3v) is 2.09. The lowest BCUT2D eigenvalue weighted by Crippen LogP contribution is -3.00. The molecule has 1 unspecified atom stereocenters. The van der Waals surface area contributed by atoms with Gasteiger partial charge in [-0.3, -0.25) is 0 Å². The molecule has 1 aromatic carbocycles. The molecule has 1 aromatic rings. The number of halogens is 2. The largest absolute Gasteiger partial charge is 1.00 e. The minimum absolute atomic E-state index is 0. The Hall–Kier alpha value is -0.320. The van der Waals surface area contributed by atoms with Crippen LogP contribution in [0, 0.1) is 0 Å². The molecule has 0 saturated carbocycles. The minimum Gasteiger partial charge on any atom is -1.00 e. The van der Waals surface area contributed by atoms with Gasteiger partial charge in [-0.2, -0.15) is 4.84 Å². The third-order valence-electron chi connectivity index (χ3n) is 2.09. The van der Waals surface area contributed by atoms with E-state index in [4.69, 9.17) is 4.84 Å². The van der Waals surface area contributed by atoms with E-state index in [-0.39, 0.29) is 30.9 Å². The Bertz CT molecular complexity index is 234. The first-order chi connectivity index (χ1) is 6.38. The molecule has 0 amide bonds. The third kappa shape index (κ3) is 5.97. The first kappa shape index (κ1) is 17.1. The topological polar surface area (TPSA) is 53.5 Å². The molecule has 0 bridgehead atoms. The van der Waals surface area contributed by atoms with Crippen molar-refractivity contribution in [2.75, 3.05) is 13.6 Å². The Kier molecular flexibility index (Phi) is 11.6. The van der Waals surface area contributed by atoms with E-state index in [0.717, 1.165) is 13.0 Å². The Balaban J connectivity index is 0. The fourth-order valence-corrected chi connectivity index (χ4v) is 1.33. The summed E-state index contributed by atoms with van der Waals surface area (Å²) in [4.78, 5) is 5.17. The van der Waals surface area contributed by atoms with E-state index in [1.54, 1.807) is 0 Å². The first-order valence-corrected chi connectivity index (χ1v) is 4.62. The Labute approximate surface area is 103 Å². The molecule has 3 nitrogen and oxygen atoms in total. The van der Waals surface area contributed by atoms with Crippen molar-refractivity contribution in [1.29, 1.82) is 0 Å². The number of hydrogen-bond acceptors (Lipinski definition) is 1. The first-order valence-electron chi connectivity index (χ1n) is 4.62. The average molecular weight is 253 g/mol. The maximum absolute atomic E-state index is 5.17. The zero-order chi connectivity index (χ0) is 9.52. The van der Waals surface area contributed by atoms with Crippen LogP contribution in [0.3, 0.4) is 0 Å². The second-order valence-corrected chi connectivity index (χ2v) is 3.05. The van der Waals surface area contributed by atoms with Crippen LogP contribution < -0.4 is 36.0 Å². The molecule has 0 aliphatic rings. The summed E-state index contributed by atoms with van der Waals surface area (Å²) in [6.07, 6.45) is 1.14. The van der Waals surface area contributed by atoms with Crippen molar-refractivity contribution < 1.29 is 40.9 Å². The monoisotopic (exact) mass is 252 g/mol. The summed E-state index contributed by atoms with van der Waals surface area (Å²) in [6.45, 7) is 1.06. The Morgan fingerprint density at radius 2 is 1.87 bits per heavy atom. The van der Waals surface area contributed by atoms with Crippen molar-refractivity contribution in [2.24, 2.45) is 0 Å². The number of benzene rings is 1. The lowest BCUT2D eigenvalue weighted by Gasteiger charge is -2.10. The molecule has 0 fully saturated rings. The van der Waals surface area contributed by atoms with Gasteiger partial charge in [-0.1, -0.05) is 30.3 Å². The lowest BCUT2D eigenvalue weighted by molar-refractivity contribution is -0.709. The van der Waals surface area contributed by atoms with Crippen LogP contribution in [-0.2, 0) is 4.84 Å². The molecule has 0 aliphatic carbocycles. The summed E-state index contributed by atoms with van der Waals surface area (Å²) in [5, 5.41) is 2.15. The van der Waals surface area contributed by atoms with Crippen molar-refractivity contribution in [1.82, 2.24) is 0 Å². The molecule has 0 spiro atoms. The number of hydrogen-bond donors (Lipinski definition) is 2. The molecule has 1 atom stereocenters. The van der Waals surface area contributed by atoms with Crippen LogP contribution in [0.15, 0.2) is 30.3 Å². The van der Waals surface area contributed by atoms with Gasteiger partial charge in [-0.05, 0) is 5.56 Å². The molecule has 0 saturated heterocycles. The maximum atomic E-state index is 5.17. The maximum Gasteiger partial charge on any atom is 0.147 e. The summed E-state index contributed by atoms with van der Waals surface area (Å²) in [5.41, 5.74) is 1.21. The molecule has 1 rings (SSSR count). The zero-order valence-corrected chi connectivity index (χ0v) is 10.3. The molecule has 5 heteroatoms. The van der Waals surface area contributed by atoms with E-state index in [1.807, 2.05) is 18.2 Å². The highest BCUT2D eigenvalue weighted by molar-refractivity contribution is 5.17. The van der Waals surface area contributed by atoms with Crippen LogP contribution >= 0.6 is 0 Å². The van der Waals surface area contributed by atoms with E-state index in [9.17, 15) is 0 Å². The summed E-state index contributed by atoms with van der Waals surface area (Å²) >= 11 is 0. The summed E-state index contributed by atoms with van der Waals surface area (Å²) < 4.78 is 0.